The van der Waals surface area contributed by atoms with Crippen molar-refractivity contribution >= 4 is 28.4 Å². The van der Waals surface area contributed by atoms with Crippen LogP contribution >= 0.6 is 0 Å². The van der Waals surface area contributed by atoms with E-state index in [4.69, 9.17) is 4.74 Å². The summed E-state index contributed by atoms with van der Waals surface area (Å²) in [6, 6.07) is 11.8. The molecule has 2 amide bonds. The molecule has 7 heteroatoms. The van der Waals surface area contributed by atoms with Crippen molar-refractivity contribution in [1.82, 2.24) is 14.5 Å². The van der Waals surface area contributed by atoms with Crippen molar-refractivity contribution in [1.29, 1.82) is 0 Å². The molecule has 1 aliphatic heterocycles. The molecule has 1 aliphatic rings. The van der Waals surface area contributed by atoms with E-state index in [1.165, 1.54) is 0 Å². The van der Waals surface area contributed by atoms with Gasteiger partial charge in [0.1, 0.15) is 17.7 Å². The van der Waals surface area contributed by atoms with E-state index in [1.54, 1.807) is 6.20 Å². The molecule has 0 saturated carbocycles. The molecule has 0 unspecified atom stereocenters. The van der Waals surface area contributed by atoms with Gasteiger partial charge in [-0.25, -0.2) is 4.98 Å². The van der Waals surface area contributed by atoms with Crippen molar-refractivity contribution in [3.8, 4) is 11.6 Å². The maximum atomic E-state index is 12.2. The summed E-state index contributed by atoms with van der Waals surface area (Å²) < 4.78 is 8.14. The van der Waals surface area contributed by atoms with Gasteiger partial charge in [-0.3, -0.25) is 9.59 Å². The van der Waals surface area contributed by atoms with Crippen LogP contribution in [0.25, 0.3) is 16.7 Å². The molecule has 0 aliphatic carbocycles. The van der Waals surface area contributed by atoms with E-state index in [0.717, 1.165) is 54.1 Å². The normalized spacial score (nSPS) is 14.8. The number of hydrogen-bond acceptors (Lipinski definition) is 4. The van der Waals surface area contributed by atoms with E-state index in [9.17, 15) is 9.59 Å². The molecule has 1 aromatic carbocycles. The Hall–Kier alpha value is -3.35. The van der Waals surface area contributed by atoms with E-state index >= 15 is 0 Å². The molecule has 0 bridgehead atoms. The van der Waals surface area contributed by atoms with Crippen molar-refractivity contribution < 1.29 is 14.3 Å². The SMILES string of the molecule is CC(C)C(=O)Nc1ccc2c(ccn2-c2ccc(OC3CCN(C(=O)C(C)C)CC3)cn2)c1. The van der Waals surface area contributed by atoms with Gasteiger partial charge in [-0.1, -0.05) is 27.7 Å². The number of nitrogens with one attached hydrogen (secondary N) is 1. The minimum absolute atomic E-state index is 0.00299. The molecule has 7 nitrogen and oxygen atoms in total. The van der Waals surface area contributed by atoms with Crippen LogP contribution in [0.5, 0.6) is 5.75 Å². The average molecular weight is 449 g/mol. The van der Waals surface area contributed by atoms with E-state index in [0.29, 0.717) is 0 Å². The van der Waals surface area contributed by atoms with E-state index in [-0.39, 0.29) is 29.8 Å². The zero-order valence-corrected chi connectivity index (χ0v) is 19.7. The lowest BCUT2D eigenvalue weighted by atomic mass is 10.1. The van der Waals surface area contributed by atoms with Crippen molar-refractivity contribution in [2.24, 2.45) is 11.8 Å². The first-order valence-electron chi connectivity index (χ1n) is 11.7. The highest BCUT2D eigenvalue weighted by molar-refractivity contribution is 5.95. The van der Waals surface area contributed by atoms with E-state index in [1.807, 2.05) is 79.8 Å². The number of rotatable bonds is 6. The number of benzene rings is 1. The summed E-state index contributed by atoms with van der Waals surface area (Å²) in [5.74, 6) is 1.73. The zero-order valence-electron chi connectivity index (χ0n) is 19.7. The van der Waals surface area contributed by atoms with Gasteiger partial charge in [-0.2, -0.15) is 0 Å². The van der Waals surface area contributed by atoms with Gasteiger partial charge in [0.25, 0.3) is 0 Å². The zero-order chi connectivity index (χ0) is 23.5. The molecule has 2 aromatic heterocycles. The quantitative estimate of drug-likeness (QED) is 0.596. The fourth-order valence-corrected chi connectivity index (χ4v) is 4.04. The molecule has 1 fully saturated rings. The van der Waals surface area contributed by atoms with E-state index in [2.05, 4.69) is 10.3 Å². The summed E-state index contributed by atoms with van der Waals surface area (Å²) in [6.07, 6.45) is 5.49. The molecule has 174 valence electrons. The molecule has 3 heterocycles. The molecule has 33 heavy (non-hydrogen) atoms. The third-order valence-corrected chi connectivity index (χ3v) is 6.00. The van der Waals surface area contributed by atoms with Gasteiger partial charge in [0.15, 0.2) is 0 Å². The first-order valence-corrected chi connectivity index (χ1v) is 11.7. The smallest absolute Gasteiger partial charge is 0.226 e. The Bertz CT molecular complexity index is 1130. The first kappa shape index (κ1) is 22.8. The molecule has 3 aromatic rings. The fourth-order valence-electron chi connectivity index (χ4n) is 4.04. The Labute approximate surface area is 194 Å². The van der Waals surface area contributed by atoms with E-state index < -0.39 is 0 Å². The molecule has 4 rings (SSSR count). The number of anilines is 1. The molecule has 0 radical (unpaired) electrons. The fraction of sp³-hybridized carbons (Fsp3) is 0.423. The Morgan fingerprint density at radius 2 is 1.79 bits per heavy atom. The summed E-state index contributed by atoms with van der Waals surface area (Å²) >= 11 is 0. The topological polar surface area (TPSA) is 76.5 Å². The maximum Gasteiger partial charge on any atom is 0.226 e. The third-order valence-electron chi connectivity index (χ3n) is 6.00. The van der Waals surface area contributed by atoms with Crippen molar-refractivity contribution in [2.45, 2.75) is 46.6 Å². The summed E-state index contributed by atoms with van der Waals surface area (Å²) in [5.41, 5.74) is 1.80. The second-order valence-corrected chi connectivity index (χ2v) is 9.25. The number of likely N-dealkylation sites (tertiary alicyclic amines) is 1. The number of fused-ring (bicyclic) bond motifs is 1. The van der Waals surface area contributed by atoms with Crippen LogP contribution in [0.15, 0.2) is 48.8 Å². The van der Waals surface area contributed by atoms with Crippen molar-refractivity contribution in [3.63, 3.8) is 0 Å². The number of piperidine rings is 1. The molecule has 1 N–H and O–H groups in total. The molecular formula is C26H32N4O3. The second-order valence-electron chi connectivity index (χ2n) is 9.25. The third kappa shape index (κ3) is 5.18. The number of carbonyl (C=O) groups excluding carboxylic acids is 2. The number of pyridine rings is 1. The van der Waals surface area contributed by atoms with Gasteiger partial charge >= 0.3 is 0 Å². The van der Waals surface area contributed by atoms with Crippen LogP contribution in [-0.4, -0.2) is 45.5 Å². The van der Waals surface area contributed by atoms with Crippen LogP contribution in [0.3, 0.4) is 0 Å². The molecule has 0 spiro atoms. The molecule has 1 saturated heterocycles. The standard InChI is InChI=1S/C26H32N4O3/c1-17(2)25(31)28-20-5-7-23-19(15-20)9-14-30(23)24-8-6-22(16-27-24)33-21-10-12-29(13-11-21)26(32)18(3)4/h5-9,14-18,21H,10-13H2,1-4H3,(H,28,31). The lowest BCUT2D eigenvalue weighted by Crippen LogP contribution is -2.43. The number of carbonyl (C=O) groups is 2. The monoisotopic (exact) mass is 448 g/mol. The lowest BCUT2D eigenvalue weighted by molar-refractivity contribution is -0.136. The number of nitrogens with zero attached hydrogens (tertiary/aromatic N) is 3. The highest BCUT2D eigenvalue weighted by Crippen LogP contribution is 2.25. The Morgan fingerprint density at radius 3 is 2.42 bits per heavy atom. The largest absolute Gasteiger partial charge is 0.489 e. The van der Waals surface area contributed by atoms with Crippen molar-refractivity contribution in [3.05, 3.63) is 48.8 Å². The van der Waals surface area contributed by atoms with Gasteiger partial charge in [0.2, 0.25) is 11.8 Å². The predicted molar refractivity (Wildman–Crippen MR) is 130 cm³/mol. The predicted octanol–water partition coefficient (Wildman–Crippen LogP) is 4.65. The number of hydrogen-bond donors (Lipinski definition) is 1. The average Bonchev–Trinajstić information content (AvgIpc) is 3.22. The van der Waals surface area contributed by atoms with Crippen LogP contribution in [-0.2, 0) is 9.59 Å². The number of ether oxygens (including phenoxy) is 1. The number of aromatic nitrogens is 2. The Balaban J connectivity index is 1.40. The summed E-state index contributed by atoms with van der Waals surface area (Å²) in [4.78, 5) is 30.7. The van der Waals surface area contributed by atoms with Crippen LogP contribution in [0.1, 0.15) is 40.5 Å². The van der Waals surface area contributed by atoms with Crippen LogP contribution in [0, 0.1) is 11.8 Å². The van der Waals surface area contributed by atoms with Gasteiger partial charge in [-0.05, 0) is 36.4 Å². The van der Waals surface area contributed by atoms with Crippen LogP contribution < -0.4 is 10.1 Å². The minimum Gasteiger partial charge on any atom is -0.489 e. The minimum atomic E-state index is -0.0645. The summed E-state index contributed by atoms with van der Waals surface area (Å²) in [6.45, 7) is 9.11. The van der Waals surface area contributed by atoms with Crippen LogP contribution in [0.2, 0.25) is 0 Å². The van der Waals surface area contributed by atoms with Crippen LogP contribution in [0.4, 0.5) is 5.69 Å². The number of amides is 2. The van der Waals surface area contributed by atoms with Gasteiger partial charge in [-0.15, -0.1) is 0 Å². The molecular weight excluding hydrogens is 416 g/mol. The van der Waals surface area contributed by atoms with Gasteiger partial charge < -0.3 is 19.5 Å². The first-order chi connectivity index (χ1) is 15.8. The second kappa shape index (κ2) is 9.65. The highest BCUT2D eigenvalue weighted by atomic mass is 16.5. The summed E-state index contributed by atoms with van der Waals surface area (Å²) in [5, 5.41) is 3.97. The maximum absolute atomic E-state index is 12.2. The molecule has 0 atom stereocenters. The van der Waals surface area contributed by atoms with Gasteiger partial charge in [0, 0.05) is 55.0 Å². The highest BCUT2D eigenvalue weighted by Gasteiger charge is 2.25. The van der Waals surface area contributed by atoms with Crippen molar-refractivity contribution in [2.75, 3.05) is 18.4 Å². The Morgan fingerprint density at radius 1 is 1.03 bits per heavy atom. The van der Waals surface area contributed by atoms with Gasteiger partial charge in [0.05, 0.1) is 11.7 Å². The lowest BCUT2D eigenvalue weighted by Gasteiger charge is -2.33. The Kier molecular flexibility index (Phi) is 6.67. The summed E-state index contributed by atoms with van der Waals surface area (Å²) in [7, 11) is 0.